The lowest BCUT2D eigenvalue weighted by Crippen LogP contribution is -2.56. The SMILES string of the molecule is O=CCOC[C@H]1CN(c2ncc(I)cn2)CCN1c1ncncn1. The Morgan fingerprint density at radius 1 is 1.17 bits per heavy atom. The third-order valence-corrected chi connectivity index (χ3v) is 4.16. The summed E-state index contributed by atoms with van der Waals surface area (Å²) in [6.45, 7) is 2.57. The molecule has 0 unspecified atom stereocenters. The van der Waals surface area contributed by atoms with Crippen LogP contribution in [0.5, 0.6) is 0 Å². The maximum atomic E-state index is 10.5. The molecule has 0 amide bonds. The number of piperazine rings is 1. The maximum Gasteiger partial charge on any atom is 0.228 e. The lowest BCUT2D eigenvalue weighted by Gasteiger charge is -2.41. The second-order valence-electron chi connectivity index (χ2n) is 5.14. The average Bonchev–Trinajstić information content (AvgIpc) is 2.63. The van der Waals surface area contributed by atoms with E-state index in [9.17, 15) is 4.79 Å². The third kappa shape index (κ3) is 4.12. The number of hydrogen-bond donors (Lipinski definition) is 0. The van der Waals surface area contributed by atoms with Gasteiger partial charge in [0, 0.05) is 35.6 Å². The molecule has 126 valence electrons. The number of halogens is 1. The third-order valence-electron chi connectivity index (χ3n) is 3.61. The summed E-state index contributed by atoms with van der Waals surface area (Å²) < 4.78 is 6.42. The summed E-state index contributed by atoms with van der Waals surface area (Å²) in [5, 5.41) is 0. The van der Waals surface area contributed by atoms with Crippen LogP contribution in [0.25, 0.3) is 0 Å². The van der Waals surface area contributed by atoms with Gasteiger partial charge in [-0.05, 0) is 22.6 Å². The van der Waals surface area contributed by atoms with Crippen LogP contribution >= 0.6 is 22.6 Å². The summed E-state index contributed by atoms with van der Waals surface area (Å²) in [6, 6.07) is -0.0102. The molecule has 0 aromatic carbocycles. The van der Waals surface area contributed by atoms with Crippen LogP contribution < -0.4 is 9.80 Å². The first-order valence-electron chi connectivity index (χ1n) is 7.40. The lowest BCUT2D eigenvalue weighted by atomic mass is 10.2. The quantitative estimate of drug-likeness (QED) is 0.353. The van der Waals surface area contributed by atoms with E-state index in [0.717, 1.165) is 16.4 Å². The van der Waals surface area contributed by atoms with E-state index in [4.69, 9.17) is 4.74 Å². The van der Waals surface area contributed by atoms with Crippen LogP contribution in [0.1, 0.15) is 0 Å². The van der Waals surface area contributed by atoms with E-state index in [1.54, 1.807) is 12.4 Å². The van der Waals surface area contributed by atoms with Crippen molar-refractivity contribution in [1.29, 1.82) is 0 Å². The van der Waals surface area contributed by atoms with Crippen LogP contribution in [0.3, 0.4) is 0 Å². The molecular formula is C14H16IN7O2. The van der Waals surface area contributed by atoms with Gasteiger partial charge in [-0.2, -0.15) is 0 Å². The molecule has 0 bridgehead atoms. The van der Waals surface area contributed by atoms with E-state index in [0.29, 0.717) is 31.6 Å². The fourth-order valence-corrected chi connectivity index (χ4v) is 2.82. The zero-order chi connectivity index (χ0) is 16.8. The summed E-state index contributed by atoms with van der Waals surface area (Å²) in [5.74, 6) is 1.29. The van der Waals surface area contributed by atoms with Crippen molar-refractivity contribution in [2.45, 2.75) is 6.04 Å². The molecule has 0 aliphatic carbocycles. The topological polar surface area (TPSA) is 97.2 Å². The van der Waals surface area contributed by atoms with Crippen molar-refractivity contribution in [2.24, 2.45) is 0 Å². The standard InChI is InChI=1S/C14H16IN7O2/c15-11-5-17-13(18-6-11)21-1-2-22(14-19-9-16-10-20-14)12(7-21)8-24-4-3-23/h3,5-6,9-10,12H,1-2,4,7-8H2/t12-/m1/s1. The summed E-state index contributed by atoms with van der Waals surface area (Å²) >= 11 is 2.18. The molecular weight excluding hydrogens is 425 g/mol. The van der Waals surface area contributed by atoms with Gasteiger partial charge >= 0.3 is 0 Å². The van der Waals surface area contributed by atoms with Crippen LogP contribution in [-0.2, 0) is 9.53 Å². The van der Waals surface area contributed by atoms with Crippen molar-refractivity contribution in [3.63, 3.8) is 0 Å². The normalized spacial score (nSPS) is 17.8. The van der Waals surface area contributed by atoms with E-state index in [2.05, 4.69) is 57.3 Å². The first-order valence-corrected chi connectivity index (χ1v) is 8.48. The number of carbonyl (C=O) groups excluding carboxylic acids is 1. The molecule has 2 aromatic rings. The van der Waals surface area contributed by atoms with Gasteiger partial charge in [0.05, 0.1) is 12.6 Å². The van der Waals surface area contributed by atoms with Crippen LogP contribution in [0.4, 0.5) is 11.9 Å². The molecule has 3 rings (SSSR count). The molecule has 0 spiro atoms. The van der Waals surface area contributed by atoms with Gasteiger partial charge in [-0.1, -0.05) is 0 Å². The van der Waals surface area contributed by atoms with Gasteiger partial charge in [0.15, 0.2) is 0 Å². The number of aromatic nitrogens is 5. The van der Waals surface area contributed by atoms with E-state index >= 15 is 0 Å². The first-order chi connectivity index (χ1) is 11.8. The second kappa shape index (κ2) is 8.24. The molecule has 1 aliphatic rings. The Balaban J connectivity index is 1.75. The van der Waals surface area contributed by atoms with Crippen molar-refractivity contribution < 1.29 is 9.53 Å². The zero-order valence-electron chi connectivity index (χ0n) is 12.8. The minimum atomic E-state index is -0.0102. The highest BCUT2D eigenvalue weighted by molar-refractivity contribution is 14.1. The highest BCUT2D eigenvalue weighted by atomic mass is 127. The summed E-state index contributed by atoms with van der Waals surface area (Å²) in [5.41, 5.74) is 0. The van der Waals surface area contributed by atoms with Crippen molar-refractivity contribution in [2.75, 3.05) is 42.6 Å². The van der Waals surface area contributed by atoms with Crippen LogP contribution in [0.2, 0.25) is 0 Å². The number of hydrogen-bond acceptors (Lipinski definition) is 9. The molecule has 1 fully saturated rings. The molecule has 1 aliphatic heterocycles. The average molecular weight is 441 g/mol. The second-order valence-corrected chi connectivity index (χ2v) is 6.38. The van der Waals surface area contributed by atoms with Crippen molar-refractivity contribution in [3.8, 4) is 0 Å². The van der Waals surface area contributed by atoms with E-state index in [-0.39, 0.29) is 12.6 Å². The van der Waals surface area contributed by atoms with Gasteiger partial charge in [-0.3, -0.25) is 0 Å². The molecule has 9 nitrogen and oxygen atoms in total. The van der Waals surface area contributed by atoms with Crippen LogP contribution in [-0.4, -0.2) is 70.1 Å². The van der Waals surface area contributed by atoms with E-state index < -0.39 is 0 Å². The molecule has 0 N–H and O–H groups in total. The van der Waals surface area contributed by atoms with Crippen molar-refractivity contribution in [3.05, 3.63) is 28.6 Å². The number of ether oxygens (including phenoxy) is 1. The minimum Gasteiger partial charge on any atom is -0.372 e. The van der Waals surface area contributed by atoms with Gasteiger partial charge in [-0.25, -0.2) is 24.9 Å². The molecule has 1 saturated heterocycles. The maximum absolute atomic E-state index is 10.5. The molecule has 0 saturated carbocycles. The number of rotatable bonds is 6. The first kappa shape index (κ1) is 16.9. The Morgan fingerprint density at radius 2 is 1.92 bits per heavy atom. The van der Waals surface area contributed by atoms with E-state index in [1.165, 1.54) is 12.7 Å². The van der Waals surface area contributed by atoms with Gasteiger partial charge in [0.2, 0.25) is 11.9 Å². The van der Waals surface area contributed by atoms with Gasteiger partial charge in [0.25, 0.3) is 0 Å². The molecule has 2 aromatic heterocycles. The van der Waals surface area contributed by atoms with E-state index in [1.807, 2.05) is 0 Å². The lowest BCUT2D eigenvalue weighted by molar-refractivity contribution is -0.112. The predicted molar refractivity (Wildman–Crippen MR) is 94.8 cm³/mol. The Morgan fingerprint density at radius 3 is 2.62 bits per heavy atom. The summed E-state index contributed by atoms with van der Waals surface area (Å²) in [7, 11) is 0. The fraction of sp³-hybridized carbons (Fsp3) is 0.429. The van der Waals surface area contributed by atoms with Crippen LogP contribution in [0, 0.1) is 3.57 Å². The number of anilines is 2. The predicted octanol–water partition coefficient (Wildman–Crippen LogP) is 0.177. The van der Waals surface area contributed by atoms with Gasteiger partial charge < -0.3 is 19.3 Å². The minimum absolute atomic E-state index is 0.0102. The largest absolute Gasteiger partial charge is 0.372 e. The smallest absolute Gasteiger partial charge is 0.228 e. The highest BCUT2D eigenvalue weighted by Gasteiger charge is 2.30. The Labute approximate surface area is 152 Å². The Kier molecular flexibility index (Phi) is 5.80. The molecule has 0 radical (unpaired) electrons. The fourth-order valence-electron chi connectivity index (χ4n) is 2.55. The number of carbonyl (C=O) groups is 1. The van der Waals surface area contributed by atoms with Gasteiger partial charge in [-0.15, -0.1) is 0 Å². The molecule has 24 heavy (non-hydrogen) atoms. The highest BCUT2D eigenvalue weighted by Crippen LogP contribution is 2.19. The van der Waals surface area contributed by atoms with Crippen molar-refractivity contribution >= 4 is 40.8 Å². The Hall–Kier alpha value is -1.95. The summed E-state index contributed by atoms with van der Waals surface area (Å²) in [6.07, 6.45) is 7.27. The molecule has 10 heteroatoms. The Bertz CT molecular complexity index is 658. The number of nitrogens with zero attached hydrogens (tertiary/aromatic N) is 7. The number of aldehydes is 1. The van der Waals surface area contributed by atoms with Crippen molar-refractivity contribution in [1.82, 2.24) is 24.9 Å². The summed E-state index contributed by atoms with van der Waals surface area (Å²) in [4.78, 5) is 35.7. The van der Waals surface area contributed by atoms with Crippen LogP contribution in [0.15, 0.2) is 25.0 Å². The zero-order valence-corrected chi connectivity index (χ0v) is 15.0. The molecule has 3 heterocycles. The van der Waals surface area contributed by atoms with Gasteiger partial charge in [0.1, 0.15) is 25.5 Å². The molecule has 1 atom stereocenters. The monoisotopic (exact) mass is 441 g/mol.